The van der Waals surface area contributed by atoms with Crippen LogP contribution in [-0.4, -0.2) is 46.4 Å². The summed E-state index contributed by atoms with van der Waals surface area (Å²) in [4.78, 5) is 15.2. The first-order chi connectivity index (χ1) is 14.6. The highest BCUT2D eigenvalue weighted by Crippen LogP contribution is 2.38. The Morgan fingerprint density at radius 2 is 2.10 bits per heavy atom. The second-order valence-corrected chi connectivity index (χ2v) is 9.04. The van der Waals surface area contributed by atoms with Crippen molar-refractivity contribution in [3.8, 4) is 17.0 Å². The zero-order chi connectivity index (χ0) is 21.1. The van der Waals surface area contributed by atoms with Gasteiger partial charge in [-0.3, -0.25) is 4.68 Å². The number of piperidine rings is 1. The number of carbonyl (C=O) groups excluding carboxylic acids is 1. The summed E-state index contributed by atoms with van der Waals surface area (Å²) in [6.45, 7) is 1.69. The molecule has 2 atom stereocenters. The Morgan fingerprint density at radius 1 is 1.30 bits per heavy atom. The average Bonchev–Trinajstić information content (AvgIpc) is 3.10. The number of ether oxygens (including phenoxy) is 1. The van der Waals surface area contributed by atoms with Crippen molar-refractivity contribution in [2.45, 2.75) is 44.6 Å². The fourth-order valence-corrected chi connectivity index (χ4v) is 5.44. The number of nitrogens with two attached hydrogens (primary N) is 1. The lowest BCUT2D eigenvalue weighted by molar-refractivity contribution is 0.0909. The highest BCUT2D eigenvalue weighted by molar-refractivity contribution is 9.10. The summed E-state index contributed by atoms with van der Waals surface area (Å²) in [6, 6.07) is 6.11. The van der Waals surface area contributed by atoms with Crippen LogP contribution in [0, 0.1) is 5.92 Å². The lowest BCUT2D eigenvalue weighted by Gasteiger charge is -2.44. The molecule has 0 radical (unpaired) electrons. The molecule has 7 nitrogen and oxygen atoms in total. The minimum Gasteiger partial charge on any atom is -0.492 e. The number of carbonyl (C=O) groups is 1. The van der Waals surface area contributed by atoms with Gasteiger partial charge in [0.2, 0.25) is 0 Å². The molecule has 0 spiro atoms. The van der Waals surface area contributed by atoms with E-state index in [2.05, 4.69) is 31.2 Å². The summed E-state index contributed by atoms with van der Waals surface area (Å²) in [5.41, 5.74) is 8.13. The van der Waals surface area contributed by atoms with Crippen LogP contribution in [-0.2, 0) is 7.05 Å². The van der Waals surface area contributed by atoms with Gasteiger partial charge in [-0.25, -0.2) is 4.79 Å². The first-order valence-electron chi connectivity index (χ1n) is 10.8. The number of fused-ring (bicyclic) bond motifs is 1. The number of hydrogen-bond acceptors (Lipinski definition) is 4. The first kappa shape index (κ1) is 21.2. The van der Waals surface area contributed by atoms with Crippen molar-refractivity contribution in [2.24, 2.45) is 18.7 Å². The van der Waals surface area contributed by atoms with E-state index in [0.717, 1.165) is 40.8 Å². The zero-order valence-electron chi connectivity index (χ0n) is 17.4. The second kappa shape index (κ2) is 9.39. The van der Waals surface area contributed by atoms with Crippen molar-refractivity contribution in [1.82, 2.24) is 14.7 Å². The number of hydrogen-bond donors (Lipinski definition) is 2. The highest BCUT2D eigenvalue weighted by atomic mass is 79.9. The van der Waals surface area contributed by atoms with Gasteiger partial charge >= 0.3 is 6.03 Å². The normalized spacial score (nSPS) is 21.2. The average molecular weight is 476 g/mol. The maximum atomic E-state index is 13.2. The molecule has 30 heavy (non-hydrogen) atoms. The van der Waals surface area contributed by atoms with Crippen molar-refractivity contribution in [3.63, 3.8) is 0 Å². The number of nitrogens with one attached hydrogen (secondary N) is 1. The lowest BCUT2D eigenvalue weighted by Crippen LogP contribution is -2.51. The molecule has 8 heteroatoms. The Morgan fingerprint density at radius 3 is 2.87 bits per heavy atom. The quantitative estimate of drug-likeness (QED) is 0.671. The fourth-order valence-electron chi connectivity index (χ4n) is 4.87. The van der Waals surface area contributed by atoms with E-state index in [4.69, 9.17) is 10.5 Å². The molecular weight excluding hydrogens is 446 g/mol. The van der Waals surface area contributed by atoms with Gasteiger partial charge in [-0.2, -0.15) is 5.10 Å². The van der Waals surface area contributed by atoms with Gasteiger partial charge in [0, 0.05) is 37.4 Å². The van der Waals surface area contributed by atoms with Gasteiger partial charge in [0.1, 0.15) is 12.4 Å². The van der Waals surface area contributed by atoms with Gasteiger partial charge in [-0.05, 0) is 65.7 Å². The molecule has 1 aliphatic heterocycles. The van der Waals surface area contributed by atoms with Crippen LogP contribution in [0.15, 0.2) is 28.9 Å². The molecule has 1 aliphatic carbocycles. The van der Waals surface area contributed by atoms with Gasteiger partial charge < -0.3 is 20.7 Å². The number of aromatic nitrogens is 2. The van der Waals surface area contributed by atoms with Crippen LogP contribution in [0.1, 0.15) is 38.5 Å². The first-order valence-corrected chi connectivity index (χ1v) is 11.6. The van der Waals surface area contributed by atoms with E-state index >= 15 is 0 Å². The van der Waals surface area contributed by atoms with Crippen LogP contribution in [0.4, 0.5) is 10.5 Å². The van der Waals surface area contributed by atoms with Gasteiger partial charge in [0.15, 0.2) is 0 Å². The van der Waals surface area contributed by atoms with E-state index in [-0.39, 0.29) is 6.03 Å². The van der Waals surface area contributed by atoms with E-state index in [0.29, 0.717) is 30.9 Å². The summed E-state index contributed by atoms with van der Waals surface area (Å²) in [5.74, 6) is 1.37. The molecule has 2 aliphatic rings. The number of rotatable bonds is 5. The standard InChI is InChI=1S/C22H30BrN5O2/c1-27-21(18(23)14-25-27)17-13-16(8-9-20(17)30-12-10-24)26-22(29)28-11-4-6-15-5-2-3-7-19(15)28/h8-9,13-15,19H,2-7,10-12,24H2,1H3,(H,26,29). The Bertz CT molecular complexity index is 878. The summed E-state index contributed by atoms with van der Waals surface area (Å²) in [5, 5.41) is 7.45. The molecule has 162 valence electrons. The van der Waals surface area contributed by atoms with Crippen molar-refractivity contribution < 1.29 is 9.53 Å². The molecule has 1 saturated carbocycles. The predicted octanol–water partition coefficient (Wildman–Crippen LogP) is 4.37. The molecule has 3 N–H and O–H groups in total. The summed E-state index contributed by atoms with van der Waals surface area (Å²) in [7, 11) is 1.88. The number of likely N-dealkylation sites (tertiary alicyclic amines) is 1. The van der Waals surface area contributed by atoms with E-state index in [1.165, 1.54) is 25.7 Å². The van der Waals surface area contributed by atoms with Crippen molar-refractivity contribution >= 4 is 27.6 Å². The van der Waals surface area contributed by atoms with Crippen molar-refractivity contribution in [2.75, 3.05) is 25.0 Å². The molecule has 2 heterocycles. The molecule has 1 aromatic carbocycles. The van der Waals surface area contributed by atoms with Gasteiger partial charge in [0.25, 0.3) is 0 Å². The highest BCUT2D eigenvalue weighted by Gasteiger charge is 2.35. The lowest BCUT2D eigenvalue weighted by atomic mass is 9.78. The molecule has 2 amide bonds. The number of anilines is 1. The summed E-state index contributed by atoms with van der Waals surface area (Å²) < 4.78 is 8.51. The number of aryl methyl sites for hydroxylation is 1. The molecule has 2 aromatic rings. The van der Waals surface area contributed by atoms with Crippen LogP contribution in [0.5, 0.6) is 5.75 Å². The van der Waals surface area contributed by atoms with Gasteiger partial charge in [-0.1, -0.05) is 12.8 Å². The van der Waals surface area contributed by atoms with Gasteiger partial charge in [0.05, 0.1) is 16.4 Å². The third kappa shape index (κ3) is 4.34. The maximum Gasteiger partial charge on any atom is 0.322 e. The SMILES string of the molecule is Cn1ncc(Br)c1-c1cc(NC(=O)N2CCCC3CCCCC32)ccc1OCCN. The van der Waals surface area contributed by atoms with Crippen LogP contribution in [0.25, 0.3) is 11.3 Å². The number of nitrogens with zero attached hydrogens (tertiary/aromatic N) is 3. The number of amides is 2. The largest absolute Gasteiger partial charge is 0.492 e. The van der Waals surface area contributed by atoms with E-state index in [1.807, 2.05) is 25.2 Å². The third-order valence-electron chi connectivity index (χ3n) is 6.26. The van der Waals surface area contributed by atoms with E-state index in [1.54, 1.807) is 10.9 Å². The summed E-state index contributed by atoms with van der Waals surface area (Å²) >= 11 is 3.57. The Labute approximate surface area is 186 Å². The molecule has 2 unspecified atom stereocenters. The van der Waals surface area contributed by atoms with Crippen molar-refractivity contribution in [1.29, 1.82) is 0 Å². The van der Waals surface area contributed by atoms with Crippen LogP contribution >= 0.6 is 15.9 Å². The smallest absolute Gasteiger partial charge is 0.322 e. The summed E-state index contributed by atoms with van der Waals surface area (Å²) in [6.07, 6.45) is 8.98. The van der Waals surface area contributed by atoms with E-state index in [9.17, 15) is 4.79 Å². The number of halogens is 1. The topological polar surface area (TPSA) is 85.4 Å². The number of benzene rings is 1. The van der Waals surface area contributed by atoms with Gasteiger partial charge in [-0.15, -0.1) is 0 Å². The molecular formula is C22H30BrN5O2. The minimum atomic E-state index is -0.00255. The molecule has 4 rings (SSSR count). The maximum absolute atomic E-state index is 13.2. The Hall–Kier alpha value is -2.06. The monoisotopic (exact) mass is 475 g/mol. The molecule has 2 fully saturated rings. The number of urea groups is 1. The van der Waals surface area contributed by atoms with Crippen LogP contribution < -0.4 is 15.8 Å². The molecule has 1 saturated heterocycles. The van der Waals surface area contributed by atoms with Crippen LogP contribution in [0.2, 0.25) is 0 Å². The second-order valence-electron chi connectivity index (χ2n) is 8.19. The third-order valence-corrected chi connectivity index (χ3v) is 6.84. The Kier molecular flexibility index (Phi) is 6.63. The molecule has 0 bridgehead atoms. The van der Waals surface area contributed by atoms with Crippen molar-refractivity contribution in [3.05, 3.63) is 28.9 Å². The Balaban J connectivity index is 1.58. The predicted molar refractivity (Wildman–Crippen MR) is 122 cm³/mol. The fraction of sp³-hybridized carbons (Fsp3) is 0.545. The van der Waals surface area contributed by atoms with Crippen LogP contribution in [0.3, 0.4) is 0 Å². The van der Waals surface area contributed by atoms with E-state index < -0.39 is 0 Å². The molecule has 1 aromatic heterocycles. The zero-order valence-corrected chi connectivity index (χ0v) is 19.0. The minimum absolute atomic E-state index is 0.00255.